The molecule has 3 aromatic carbocycles. The summed E-state index contributed by atoms with van der Waals surface area (Å²) >= 11 is 0. The van der Waals surface area contributed by atoms with Crippen molar-refractivity contribution >= 4 is 22.7 Å². The molecule has 2 atom stereocenters. The van der Waals surface area contributed by atoms with Crippen LogP contribution in [0.2, 0.25) is 0 Å². The molecule has 0 bridgehead atoms. The molecule has 0 saturated heterocycles. The van der Waals surface area contributed by atoms with Gasteiger partial charge in [0.2, 0.25) is 0 Å². The number of pyridine rings is 1. The van der Waals surface area contributed by atoms with E-state index in [0.717, 1.165) is 41.1 Å². The fourth-order valence-electron chi connectivity index (χ4n) is 5.29. The second-order valence-electron chi connectivity index (χ2n) is 11.1. The molecule has 0 spiro atoms. The number of rotatable bonds is 14. The third kappa shape index (κ3) is 8.90. The van der Waals surface area contributed by atoms with Crippen LogP contribution in [-0.2, 0) is 13.0 Å². The Bertz CT molecular complexity index is 1570. The van der Waals surface area contributed by atoms with Gasteiger partial charge in [0.1, 0.15) is 11.6 Å². The van der Waals surface area contributed by atoms with E-state index in [1.165, 1.54) is 12.1 Å². The molecule has 1 heterocycles. The van der Waals surface area contributed by atoms with E-state index in [-0.39, 0.29) is 30.0 Å². The van der Waals surface area contributed by atoms with Crippen LogP contribution in [-0.4, -0.2) is 58.6 Å². The average molecular weight is 603 g/mol. The maximum atomic E-state index is 14.0. The van der Waals surface area contributed by atoms with Gasteiger partial charge in [0.25, 0.3) is 11.8 Å². The summed E-state index contributed by atoms with van der Waals surface area (Å²) in [7, 11) is 0. The van der Waals surface area contributed by atoms with Crippen molar-refractivity contribution in [3.05, 3.63) is 112 Å². The average Bonchev–Trinajstić information content (AvgIpc) is 2.99. The maximum absolute atomic E-state index is 14.0. The monoisotopic (exact) mass is 602 g/mol. The van der Waals surface area contributed by atoms with Crippen molar-refractivity contribution in [1.82, 2.24) is 20.5 Å². The number of amides is 2. The van der Waals surface area contributed by atoms with Crippen LogP contribution in [0.15, 0.2) is 72.8 Å². The number of carbonyl (C=O) groups is 2. The second-order valence-corrected chi connectivity index (χ2v) is 11.1. The van der Waals surface area contributed by atoms with Crippen molar-refractivity contribution in [3.63, 3.8) is 0 Å². The predicted molar refractivity (Wildman–Crippen MR) is 168 cm³/mol. The lowest BCUT2D eigenvalue weighted by molar-refractivity contribution is 0.0755. The van der Waals surface area contributed by atoms with Gasteiger partial charge in [-0.25, -0.2) is 8.78 Å². The van der Waals surface area contributed by atoms with E-state index < -0.39 is 29.7 Å². The van der Waals surface area contributed by atoms with Gasteiger partial charge < -0.3 is 20.6 Å². The molecule has 0 saturated carbocycles. The Morgan fingerprint density at radius 1 is 0.909 bits per heavy atom. The number of hydrogen-bond acceptors (Lipinski definition) is 5. The SMILES string of the molecule is CCCN(CCC)C(=O)c1cc(C)cc(C(=O)NC(Cc2cc(F)cc(F)c2)[C@H](O)CNCc2ccc3ccccc3n2)c1. The van der Waals surface area contributed by atoms with Crippen LogP contribution >= 0.6 is 0 Å². The summed E-state index contributed by atoms with van der Waals surface area (Å²) in [5, 5.41) is 18.2. The van der Waals surface area contributed by atoms with Crippen molar-refractivity contribution in [2.45, 2.75) is 58.7 Å². The first kappa shape index (κ1) is 32.7. The van der Waals surface area contributed by atoms with Gasteiger partial charge in [-0.05, 0) is 79.8 Å². The van der Waals surface area contributed by atoms with Gasteiger partial charge in [-0.2, -0.15) is 0 Å². The molecule has 4 aromatic rings. The van der Waals surface area contributed by atoms with E-state index in [1.54, 1.807) is 23.1 Å². The number of nitrogens with zero attached hydrogens (tertiary/aromatic N) is 2. The van der Waals surface area contributed by atoms with Gasteiger partial charge in [-0.3, -0.25) is 14.6 Å². The number of nitrogens with one attached hydrogen (secondary N) is 2. The van der Waals surface area contributed by atoms with Crippen molar-refractivity contribution in [2.24, 2.45) is 0 Å². The highest BCUT2D eigenvalue weighted by Gasteiger charge is 2.24. The smallest absolute Gasteiger partial charge is 0.253 e. The molecule has 0 radical (unpaired) electrons. The summed E-state index contributed by atoms with van der Waals surface area (Å²) in [6, 6.07) is 18.9. The third-order valence-electron chi connectivity index (χ3n) is 7.34. The normalized spacial score (nSPS) is 12.6. The standard InChI is InChI=1S/C35H40F2N4O3/c1-4-12-41(13-5-2)35(44)27-15-23(3)14-26(19-27)34(43)40-32(18-24-16-28(36)20-29(37)17-24)33(42)22-38-21-30-11-10-25-8-6-7-9-31(25)39-30/h6-11,14-17,19-20,32-33,38,42H,4-5,12-13,18,21-22H2,1-3H3,(H,40,43)/t32?,33-/m1/s1. The zero-order valence-electron chi connectivity index (χ0n) is 25.4. The van der Waals surface area contributed by atoms with Crippen LogP contribution in [0.3, 0.4) is 0 Å². The van der Waals surface area contributed by atoms with Crippen molar-refractivity contribution in [1.29, 1.82) is 0 Å². The number of benzene rings is 3. The Morgan fingerprint density at radius 2 is 1.59 bits per heavy atom. The van der Waals surface area contributed by atoms with Gasteiger partial charge in [-0.15, -0.1) is 0 Å². The van der Waals surface area contributed by atoms with Crippen molar-refractivity contribution < 1.29 is 23.5 Å². The van der Waals surface area contributed by atoms with E-state index in [2.05, 4.69) is 15.6 Å². The number of fused-ring (bicyclic) bond motifs is 1. The second kappa shape index (κ2) is 15.5. The fraction of sp³-hybridized carbons (Fsp3) is 0.343. The maximum Gasteiger partial charge on any atom is 0.253 e. The van der Waals surface area contributed by atoms with Gasteiger partial charge in [0.15, 0.2) is 0 Å². The first-order chi connectivity index (χ1) is 21.2. The zero-order valence-corrected chi connectivity index (χ0v) is 25.4. The largest absolute Gasteiger partial charge is 0.390 e. The number of aryl methyl sites for hydroxylation is 1. The Balaban J connectivity index is 1.51. The lowest BCUT2D eigenvalue weighted by Crippen LogP contribution is -2.48. The summed E-state index contributed by atoms with van der Waals surface area (Å²) in [4.78, 5) is 33.2. The zero-order chi connectivity index (χ0) is 31.6. The highest BCUT2D eigenvalue weighted by molar-refractivity contribution is 6.00. The number of halogens is 2. The van der Waals surface area contributed by atoms with Crippen LogP contribution in [0.25, 0.3) is 10.9 Å². The first-order valence-corrected chi connectivity index (χ1v) is 15.1. The van der Waals surface area contributed by atoms with Gasteiger partial charge in [-0.1, -0.05) is 38.1 Å². The van der Waals surface area contributed by atoms with Crippen LogP contribution in [0.4, 0.5) is 8.78 Å². The Labute approximate surface area is 257 Å². The summed E-state index contributed by atoms with van der Waals surface area (Å²) < 4.78 is 28.0. The van der Waals surface area contributed by atoms with E-state index in [1.807, 2.05) is 57.2 Å². The predicted octanol–water partition coefficient (Wildman–Crippen LogP) is 5.58. The number of para-hydroxylation sites is 1. The molecular formula is C35H40F2N4O3. The molecule has 0 aliphatic carbocycles. The lowest BCUT2D eigenvalue weighted by atomic mass is 9.99. The Hall–Kier alpha value is -4.21. The molecule has 1 unspecified atom stereocenters. The number of hydrogen-bond donors (Lipinski definition) is 3. The molecule has 3 N–H and O–H groups in total. The molecule has 0 fully saturated rings. The quantitative estimate of drug-likeness (QED) is 0.175. The Morgan fingerprint density at radius 3 is 2.30 bits per heavy atom. The molecule has 0 aliphatic heterocycles. The van der Waals surface area contributed by atoms with Gasteiger partial charge >= 0.3 is 0 Å². The molecular weight excluding hydrogens is 562 g/mol. The minimum absolute atomic E-state index is 0.0180. The highest BCUT2D eigenvalue weighted by atomic mass is 19.1. The summed E-state index contributed by atoms with van der Waals surface area (Å²) in [5.74, 6) is -2.14. The first-order valence-electron chi connectivity index (χ1n) is 15.1. The molecule has 7 nitrogen and oxygen atoms in total. The topological polar surface area (TPSA) is 94.6 Å². The number of aromatic nitrogens is 1. The lowest BCUT2D eigenvalue weighted by Gasteiger charge is -2.25. The minimum Gasteiger partial charge on any atom is -0.390 e. The number of aliphatic hydroxyl groups is 1. The van der Waals surface area contributed by atoms with Crippen molar-refractivity contribution in [2.75, 3.05) is 19.6 Å². The van der Waals surface area contributed by atoms with Crippen LogP contribution in [0, 0.1) is 18.6 Å². The van der Waals surface area contributed by atoms with E-state index >= 15 is 0 Å². The molecule has 4 rings (SSSR count). The van der Waals surface area contributed by atoms with E-state index in [0.29, 0.717) is 25.2 Å². The van der Waals surface area contributed by atoms with E-state index in [9.17, 15) is 23.5 Å². The number of aliphatic hydroxyl groups excluding tert-OH is 1. The third-order valence-corrected chi connectivity index (χ3v) is 7.34. The molecule has 44 heavy (non-hydrogen) atoms. The Kier molecular flexibility index (Phi) is 11.5. The van der Waals surface area contributed by atoms with E-state index in [4.69, 9.17) is 0 Å². The molecule has 1 aromatic heterocycles. The summed E-state index contributed by atoms with van der Waals surface area (Å²) in [6.07, 6.45) is 0.503. The summed E-state index contributed by atoms with van der Waals surface area (Å²) in [6.45, 7) is 7.50. The van der Waals surface area contributed by atoms with Crippen LogP contribution in [0.5, 0.6) is 0 Å². The highest BCUT2D eigenvalue weighted by Crippen LogP contribution is 2.17. The van der Waals surface area contributed by atoms with Gasteiger partial charge in [0, 0.05) is 48.8 Å². The molecule has 2 amide bonds. The minimum atomic E-state index is -1.11. The van der Waals surface area contributed by atoms with Gasteiger partial charge in [0.05, 0.1) is 23.4 Å². The molecule has 0 aliphatic rings. The van der Waals surface area contributed by atoms with Crippen molar-refractivity contribution in [3.8, 4) is 0 Å². The summed E-state index contributed by atoms with van der Waals surface area (Å²) in [5.41, 5.74) is 3.33. The van der Waals surface area contributed by atoms with Crippen LogP contribution in [0.1, 0.15) is 64.2 Å². The number of carbonyl (C=O) groups excluding carboxylic acids is 2. The molecule has 232 valence electrons. The fourth-order valence-corrected chi connectivity index (χ4v) is 5.29. The van der Waals surface area contributed by atoms with Crippen LogP contribution < -0.4 is 10.6 Å². The molecule has 9 heteroatoms.